The van der Waals surface area contributed by atoms with Gasteiger partial charge in [0.1, 0.15) is 0 Å². The zero-order valence-corrected chi connectivity index (χ0v) is 14.9. The Morgan fingerprint density at radius 1 is 1.13 bits per heavy atom. The molecule has 0 radical (unpaired) electrons. The second-order valence-electron chi connectivity index (χ2n) is 5.46. The van der Waals surface area contributed by atoms with Crippen LogP contribution >= 0.6 is 23.4 Å². The minimum absolute atomic E-state index is 0.108. The van der Waals surface area contributed by atoms with Crippen LogP contribution in [0.25, 0.3) is 0 Å². The third kappa shape index (κ3) is 6.67. The van der Waals surface area contributed by atoms with Crippen molar-refractivity contribution in [1.29, 1.82) is 0 Å². The molecule has 0 spiro atoms. The third-order valence-corrected chi connectivity index (χ3v) is 4.90. The SMILES string of the molecule is Cc1ccccc1CSCCNC(=O)CCc1ccc(Cl)cc1. The van der Waals surface area contributed by atoms with Crippen LogP contribution in [0.3, 0.4) is 0 Å². The number of halogens is 1. The molecule has 2 rings (SSSR count). The summed E-state index contributed by atoms with van der Waals surface area (Å²) in [5, 5.41) is 3.71. The minimum atomic E-state index is 0.108. The lowest BCUT2D eigenvalue weighted by atomic mass is 10.1. The fourth-order valence-corrected chi connectivity index (χ4v) is 3.27. The van der Waals surface area contributed by atoms with Gasteiger partial charge in [-0.1, -0.05) is 48.0 Å². The van der Waals surface area contributed by atoms with Crippen LogP contribution in [0.1, 0.15) is 23.1 Å². The summed E-state index contributed by atoms with van der Waals surface area (Å²) in [5.41, 5.74) is 3.83. The molecule has 122 valence electrons. The van der Waals surface area contributed by atoms with Crippen molar-refractivity contribution in [2.24, 2.45) is 0 Å². The van der Waals surface area contributed by atoms with Gasteiger partial charge in [0.25, 0.3) is 0 Å². The first kappa shape index (κ1) is 17.9. The second kappa shape index (κ2) is 9.64. The normalized spacial score (nSPS) is 10.5. The third-order valence-electron chi connectivity index (χ3n) is 3.64. The zero-order valence-electron chi connectivity index (χ0n) is 13.3. The van der Waals surface area contributed by atoms with E-state index >= 15 is 0 Å². The van der Waals surface area contributed by atoms with Gasteiger partial charge in [0.15, 0.2) is 0 Å². The number of nitrogens with one attached hydrogen (secondary N) is 1. The number of rotatable bonds is 8. The summed E-state index contributed by atoms with van der Waals surface area (Å²) < 4.78 is 0. The first-order valence-corrected chi connectivity index (χ1v) is 9.32. The van der Waals surface area contributed by atoms with Crippen molar-refractivity contribution in [3.63, 3.8) is 0 Å². The molecule has 0 aliphatic rings. The summed E-state index contributed by atoms with van der Waals surface area (Å²) >= 11 is 7.69. The zero-order chi connectivity index (χ0) is 16.5. The molecule has 0 aromatic heterocycles. The van der Waals surface area contributed by atoms with E-state index in [4.69, 9.17) is 11.6 Å². The van der Waals surface area contributed by atoms with E-state index in [2.05, 4.69) is 36.5 Å². The summed E-state index contributed by atoms with van der Waals surface area (Å²) in [7, 11) is 0. The van der Waals surface area contributed by atoms with Crippen molar-refractivity contribution in [1.82, 2.24) is 5.32 Å². The van der Waals surface area contributed by atoms with E-state index in [0.717, 1.165) is 35.1 Å². The lowest BCUT2D eigenvalue weighted by Gasteiger charge is -2.07. The Labute approximate surface area is 147 Å². The number of benzene rings is 2. The molecule has 0 aliphatic carbocycles. The van der Waals surface area contributed by atoms with E-state index in [1.165, 1.54) is 11.1 Å². The molecule has 1 amide bonds. The first-order chi connectivity index (χ1) is 11.1. The molecule has 0 saturated heterocycles. The van der Waals surface area contributed by atoms with Gasteiger partial charge in [0.2, 0.25) is 5.91 Å². The van der Waals surface area contributed by atoms with E-state index < -0.39 is 0 Å². The monoisotopic (exact) mass is 347 g/mol. The van der Waals surface area contributed by atoms with E-state index in [0.29, 0.717) is 6.42 Å². The van der Waals surface area contributed by atoms with Gasteiger partial charge in [0, 0.05) is 29.5 Å². The summed E-state index contributed by atoms with van der Waals surface area (Å²) in [5.74, 6) is 2.03. The fraction of sp³-hybridized carbons (Fsp3) is 0.316. The van der Waals surface area contributed by atoms with Crippen LogP contribution in [-0.4, -0.2) is 18.2 Å². The van der Waals surface area contributed by atoms with E-state index in [1.807, 2.05) is 36.0 Å². The minimum Gasteiger partial charge on any atom is -0.355 e. The van der Waals surface area contributed by atoms with E-state index in [1.54, 1.807) is 0 Å². The lowest BCUT2D eigenvalue weighted by Crippen LogP contribution is -2.25. The van der Waals surface area contributed by atoms with Gasteiger partial charge in [-0.25, -0.2) is 0 Å². The largest absolute Gasteiger partial charge is 0.355 e. The highest BCUT2D eigenvalue weighted by atomic mass is 35.5. The molecule has 2 nitrogen and oxygen atoms in total. The molecule has 4 heteroatoms. The highest BCUT2D eigenvalue weighted by Crippen LogP contribution is 2.15. The van der Waals surface area contributed by atoms with Crippen molar-refractivity contribution in [3.8, 4) is 0 Å². The van der Waals surface area contributed by atoms with Gasteiger partial charge in [-0.15, -0.1) is 0 Å². The van der Waals surface area contributed by atoms with Crippen molar-refractivity contribution in [2.75, 3.05) is 12.3 Å². The fourth-order valence-electron chi connectivity index (χ4n) is 2.21. The molecule has 2 aromatic rings. The standard InChI is InChI=1S/C19H22ClNOS/c1-15-4-2-3-5-17(15)14-23-13-12-21-19(22)11-8-16-6-9-18(20)10-7-16/h2-7,9-10H,8,11-14H2,1H3,(H,21,22). The number of amides is 1. The van der Waals surface area contributed by atoms with Crippen LogP contribution in [0, 0.1) is 6.92 Å². The van der Waals surface area contributed by atoms with Crippen LogP contribution in [-0.2, 0) is 17.0 Å². The average molecular weight is 348 g/mol. The van der Waals surface area contributed by atoms with Crippen LogP contribution in [0.15, 0.2) is 48.5 Å². The molecule has 0 heterocycles. The summed E-state index contributed by atoms with van der Waals surface area (Å²) in [4.78, 5) is 11.8. The predicted octanol–water partition coefficient (Wildman–Crippen LogP) is 4.63. The Morgan fingerprint density at radius 2 is 1.87 bits per heavy atom. The number of carbonyl (C=O) groups is 1. The molecule has 0 aliphatic heterocycles. The van der Waals surface area contributed by atoms with Crippen LogP contribution in [0.5, 0.6) is 0 Å². The Morgan fingerprint density at radius 3 is 2.61 bits per heavy atom. The highest BCUT2D eigenvalue weighted by molar-refractivity contribution is 7.98. The van der Waals surface area contributed by atoms with Gasteiger partial charge in [0.05, 0.1) is 0 Å². The second-order valence-corrected chi connectivity index (χ2v) is 7.00. The number of hydrogen-bond acceptors (Lipinski definition) is 2. The number of hydrogen-bond donors (Lipinski definition) is 1. The molecule has 0 unspecified atom stereocenters. The molecule has 0 bridgehead atoms. The van der Waals surface area contributed by atoms with Gasteiger partial charge < -0.3 is 5.32 Å². The topological polar surface area (TPSA) is 29.1 Å². The first-order valence-electron chi connectivity index (χ1n) is 7.78. The maximum atomic E-state index is 11.8. The molecule has 2 aromatic carbocycles. The quantitative estimate of drug-likeness (QED) is 0.705. The summed E-state index contributed by atoms with van der Waals surface area (Å²) in [6, 6.07) is 16.1. The van der Waals surface area contributed by atoms with Gasteiger partial charge in [-0.3, -0.25) is 4.79 Å². The van der Waals surface area contributed by atoms with E-state index in [-0.39, 0.29) is 5.91 Å². The number of thioether (sulfide) groups is 1. The van der Waals surface area contributed by atoms with Gasteiger partial charge in [-0.05, 0) is 42.2 Å². The maximum absolute atomic E-state index is 11.8. The van der Waals surface area contributed by atoms with Gasteiger partial charge >= 0.3 is 0 Å². The lowest BCUT2D eigenvalue weighted by molar-refractivity contribution is -0.120. The van der Waals surface area contributed by atoms with Crippen LogP contribution < -0.4 is 5.32 Å². The van der Waals surface area contributed by atoms with Crippen molar-refractivity contribution in [2.45, 2.75) is 25.5 Å². The Balaban J connectivity index is 1.58. The number of carbonyl (C=O) groups excluding carboxylic acids is 1. The van der Waals surface area contributed by atoms with Gasteiger partial charge in [-0.2, -0.15) is 11.8 Å². The smallest absolute Gasteiger partial charge is 0.220 e. The molecule has 0 saturated carbocycles. The predicted molar refractivity (Wildman–Crippen MR) is 100 cm³/mol. The van der Waals surface area contributed by atoms with Crippen LogP contribution in [0.2, 0.25) is 5.02 Å². The molecular weight excluding hydrogens is 326 g/mol. The average Bonchev–Trinajstić information content (AvgIpc) is 2.55. The highest BCUT2D eigenvalue weighted by Gasteiger charge is 2.02. The molecule has 1 N–H and O–H groups in total. The van der Waals surface area contributed by atoms with Crippen LogP contribution in [0.4, 0.5) is 0 Å². The Bertz CT molecular complexity index is 628. The number of aryl methyl sites for hydroxylation is 2. The maximum Gasteiger partial charge on any atom is 0.220 e. The molecule has 23 heavy (non-hydrogen) atoms. The molecule has 0 atom stereocenters. The Hall–Kier alpha value is -1.45. The van der Waals surface area contributed by atoms with E-state index in [9.17, 15) is 4.79 Å². The van der Waals surface area contributed by atoms with Crippen molar-refractivity contribution < 1.29 is 4.79 Å². The van der Waals surface area contributed by atoms with Crippen molar-refractivity contribution in [3.05, 3.63) is 70.2 Å². The Kier molecular flexibility index (Phi) is 7.50. The molecule has 0 fully saturated rings. The summed E-state index contributed by atoms with van der Waals surface area (Å²) in [6.07, 6.45) is 1.27. The van der Waals surface area contributed by atoms with Crippen molar-refractivity contribution >= 4 is 29.3 Å². The summed E-state index contributed by atoms with van der Waals surface area (Å²) in [6.45, 7) is 2.85. The molecular formula is C19H22ClNOS.